The molecule has 0 spiro atoms. The lowest BCUT2D eigenvalue weighted by Crippen LogP contribution is -2.45. The Morgan fingerprint density at radius 1 is 0.710 bits per heavy atom. The Hall–Kier alpha value is -3.07. The summed E-state index contributed by atoms with van der Waals surface area (Å²) in [6.07, 6.45) is 0. The summed E-state index contributed by atoms with van der Waals surface area (Å²) in [7, 11) is 1.95. The van der Waals surface area contributed by atoms with E-state index in [-0.39, 0.29) is 6.04 Å². The molecule has 3 nitrogen and oxygen atoms in total. The van der Waals surface area contributed by atoms with Crippen LogP contribution in [0.5, 0.6) is 0 Å². The Labute approximate surface area is 189 Å². The number of benzene rings is 3. The van der Waals surface area contributed by atoms with Crippen LogP contribution in [0.15, 0.2) is 78.9 Å². The van der Waals surface area contributed by atoms with Gasteiger partial charge in [0.25, 0.3) is 0 Å². The van der Waals surface area contributed by atoms with Gasteiger partial charge in [0.1, 0.15) is 0 Å². The van der Waals surface area contributed by atoms with E-state index >= 15 is 0 Å². The van der Waals surface area contributed by atoms with Crippen LogP contribution in [-0.4, -0.2) is 13.0 Å². The first kappa shape index (κ1) is 26.0. The maximum Gasteiger partial charge on any atom is 0.203 e. The van der Waals surface area contributed by atoms with Gasteiger partial charge < -0.3 is 9.80 Å². The van der Waals surface area contributed by atoms with E-state index in [1.807, 2.05) is 89.9 Å². The third-order valence-corrected chi connectivity index (χ3v) is 4.94. The van der Waals surface area contributed by atoms with Gasteiger partial charge >= 0.3 is 0 Å². The van der Waals surface area contributed by atoms with Crippen LogP contribution < -0.4 is 9.80 Å². The molecule has 31 heavy (non-hydrogen) atoms. The molecule has 0 aromatic heterocycles. The van der Waals surface area contributed by atoms with Crippen molar-refractivity contribution in [2.75, 3.05) is 16.8 Å². The quantitative estimate of drug-likeness (QED) is 0.318. The summed E-state index contributed by atoms with van der Waals surface area (Å²) in [5.41, 5.74) is 5.80. The topological polar surface area (TPSA) is 30.3 Å². The molecule has 1 N–H and O–H groups in total. The van der Waals surface area contributed by atoms with Gasteiger partial charge in [-0.15, -0.1) is 0 Å². The van der Waals surface area contributed by atoms with Crippen LogP contribution >= 0.6 is 0 Å². The van der Waals surface area contributed by atoms with Gasteiger partial charge in [0.15, 0.2) is 0 Å². The predicted molar refractivity (Wildman–Crippen MR) is 139 cm³/mol. The van der Waals surface area contributed by atoms with Crippen LogP contribution in [0.2, 0.25) is 0 Å². The summed E-state index contributed by atoms with van der Waals surface area (Å²) < 4.78 is 0. The number of nitrogens with one attached hydrogen (secondary N) is 1. The average Bonchev–Trinajstić information content (AvgIpc) is 2.88. The minimum atomic E-state index is 0.102. The van der Waals surface area contributed by atoms with Crippen LogP contribution in [0.25, 0.3) is 11.1 Å². The molecule has 3 heteroatoms. The molecule has 0 amide bonds. The van der Waals surface area contributed by atoms with Gasteiger partial charge in [-0.1, -0.05) is 102 Å². The van der Waals surface area contributed by atoms with E-state index in [0.29, 0.717) is 5.96 Å². The number of rotatable bonds is 1. The number of para-hydroxylation sites is 2. The van der Waals surface area contributed by atoms with E-state index in [0.717, 1.165) is 11.4 Å². The highest BCUT2D eigenvalue weighted by molar-refractivity contribution is 6.08. The molecule has 1 unspecified atom stereocenters. The molecule has 0 saturated carbocycles. The van der Waals surface area contributed by atoms with Crippen molar-refractivity contribution in [1.29, 1.82) is 5.41 Å². The second kappa shape index (κ2) is 13.3. The highest BCUT2D eigenvalue weighted by Gasteiger charge is 2.31. The lowest BCUT2D eigenvalue weighted by atomic mass is 9.89. The average molecular weight is 418 g/mol. The zero-order valence-corrected chi connectivity index (χ0v) is 20.5. The van der Waals surface area contributed by atoms with Gasteiger partial charge in [-0.2, -0.15) is 0 Å². The largest absolute Gasteiger partial charge is 0.316 e. The molecular weight excluding hydrogens is 378 g/mol. The van der Waals surface area contributed by atoms with Crippen LogP contribution in [0.1, 0.15) is 60.1 Å². The minimum Gasteiger partial charge on any atom is -0.316 e. The fraction of sp³-hybridized carbons (Fsp3) is 0.321. The first-order chi connectivity index (χ1) is 15.2. The molecular formula is C28H39N3. The Morgan fingerprint density at radius 3 is 1.81 bits per heavy atom. The molecule has 0 saturated heterocycles. The van der Waals surface area contributed by atoms with Crippen molar-refractivity contribution in [3.8, 4) is 11.1 Å². The summed E-state index contributed by atoms with van der Waals surface area (Å²) in [5, 5.41) is 8.88. The summed E-state index contributed by atoms with van der Waals surface area (Å²) in [6, 6.07) is 27.0. The van der Waals surface area contributed by atoms with E-state index in [1.165, 1.54) is 16.7 Å². The molecule has 1 aliphatic rings. The van der Waals surface area contributed by atoms with E-state index in [4.69, 9.17) is 5.41 Å². The number of hydrogen-bond acceptors (Lipinski definition) is 1. The summed E-state index contributed by atoms with van der Waals surface area (Å²) in [5.74, 6) is 0.473. The van der Waals surface area contributed by atoms with Gasteiger partial charge in [0.05, 0.1) is 11.7 Å². The van der Waals surface area contributed by atoms with Crippen LogP contribution in [0.4, 0.5) is 11.4 Å². The second-order valence-electron chi connectivity index (χ2n) is 6.37. The van der Waals surface area contributed by atoms with Gasteiger partial charge in [0.2, 0.25) is 5.96 Å². The van der Waals surface area contributed by atoms with E-state index in [1.54, 1.807) is 0 Å². The maximum atomic E-state index is 8.88. The Balaban J connectivity index is 0.000000739. The summed E-state index contributed by atoms with van der Waals surface area (Å²) in [4.78, 5) is 4.05. The monoisotopic (exact) mass is 417 g/mol. The molecule has 0 fully saturated rings. The third-order valence-electron chi connectivity index (χ3n) is 4.94. The number of guanidine groups is 1. The standard InChI is InChI=1S/C22H21N3.3C2H6/c1-16-18-12-6-7-13-19(18)20-14-8-9-15-21(20)25(16)22(23)24(2)17-10-4-3-5-11-17;3*1-2/h3-16,23H,1-2H3;3*1-2H3. The molecule has 0 bridgehead atoms. The molecule has 1 aliphatic heterocycles. The van der Waals surface area contributed by atoms with Crippen molar-refractivity contribution >= 4 is 17.3 Å². The Kier molecular flexibility index (Phi) is 11.1. The smallest absolute Gasteiger partial charge is 0.203 e. The van der Waals surface area contributed by atoms with Crippen molar-refractivity contribution in [2.24, 2.45) is 0 Å². The zero-order chi connectivity index (χ0) is 23.4. The molecule has 3 aromatic rings. The molecule has 0 aliphatic carbocycles. The van der Waals surface area contributed by atoms with Crippen LogP contribution in [0, 0.1) is 5.41 Å². The van der Waals surface area contributed by atoms with Gasteiger partial charge in [0, 0.05) is 18.3 Å². The highest BCUT2D eigenvalue weighted by atomic mass is 15.4. The molecule has 1 heterocycles. The zero-order valence-electron chi connectivity index (χ0n) is 20.5. The molecule has 1 atom stereocenters. The van der Waals surface area contributed by atoms with Crippen molar-refractivity contribution < 1.29 is 0 Å². The summed E-state index contributed by atoms with van der Waals surface area (Å²) >= 11 is 0. The lowest BCUT2D eigenvalue weighted by Gasteiger charge is -2.40. The van der Waals surface area contributed by atoms with Gasteiger partial charge in [-0.25, -0.2) is 0 Å². The van der Waals surface area contributed by atoms with Gasteiger partial charge in [-0.05, 0) is 36.2 Å². The minimum absolute atomic E-state index is 0.102. The fourth-order valence-corrected chi connectivity index (χ4v) is 3.60. The van der Waals surface area contributed by atoms with Crippen molar-refractivity contribution in [3.05, 3.63) is 84.4 Å². The first-order valence-corrected chi connectivity index (χ1v) is 11.5. The van der Waals surface area contributed by atoms with E-state index < -0.39 is 0 Å². The molecule has 166 valence electrons. The molecule has 0 radical (unpaired) electrons. The maximum absolute atomic E-state index is 8.88. The first-order valence-electron chi connectivity index (χ1n) is 11.5. The number of hydrogen-bond donors (Lipinski definition) is 1. The number of nitrogens with zero attached hydrogens (tertiary/aromatic N) is 2. The third kappa shape index (κ3) is 5.55. The van der Waals surface area contributed by atoms with E-state index in [9.17, 15) is 0 Å². The SMILES string of the molecule is CC.CC.CC.CC1c2ccccc2-c2ccccc2N1C(=N)N(C)c1ccccc1. The van der Waals surface area contributed by atoms with Crippen LogP contribution in [-0.2, 0) is 0 Å². The lowest BCUT2D eigenvalue weighted by molar-refractivity contribution is 0.771. The van der Waals surface area contributed by atoms with Crippen molar-refractivity contribution in [2.45, 2.75) is 54.5 Å². The highest BCUT2D eigenvalue weighted by Crippen LogP contribution is 2.44. The van der Waals surface area contributed by atoms with Crippen LogP contribution in [0.3, 0.4) is 0 Å². The summed E-state index contributed by atoms with van der Waals surface area (Å²) in [6.45, 7) is 14.2. The van der Waals surface area contributed by atoms with Gasteiger partial charge in [-0.3, -0.25) is 5.41 Å². The fourth-order valence-electron chi connectivity index (χ4n) is 3.60. The number of anilines is 2. The Bertz CT molecular complexity index is 918. The predicted octanol–water partition coefficient (Wildman–Crippen LogP) is 8.38. The molecule has 3 aromatic carbocycles. The van der Waals surface area contributed by atoms with Crippen molar-refractivity contribution in [3.63, 3.8) is 0 Å². The number of fused-ring (bicyclic) bond motifs is 3. The normalized spacial score (nSPS) is 12.9. The Morgan fingerprint density at radius 2 is 1.19 bits per heavy atom. The van der Waals surface area contributed by atoms with Crippen molar-refractivity contribution in [1.82, 2.24) is 0 Å². The van der Waals surface area contributed by atoms with E-state index in [2.05, 4.69) is 54.3 Å². The molecule has 4 rings (SSSR count). The second-order valence-corrected chi connectivity index (χ2v) is 6.37.